The van der Waals surface area contributed by atoms with Crippen LogP contribution >= 0.6 is 0 Å². The molecule has 4 N–H and O–H groups in total. The van der Waals surface area contributed by atoms with Crippen LogP contribution in [0.5, 0.6) is 11.5 Å². The monoisotopic (exact) mass is 562 g/mol. The number of nitrogens with zero attached hydrogens (tertiary/aromatic N) is 4. The number of hydrogen-bond donors (Lipinski definition) is 4. The molecular weight excluding hydrogens is 532 g/mol. The fraction of sp³-hybridized carbons (Fsp3) is 0.321. The van der Waals surface area contributed by atoms with Crippen molar-refractivity contribution in [3.8, 4) is 11.5 Å². The van der Waals surface area contributed by atoms with Gasteiger partial charge in [0.05, 0.1) is 27.2 Å². The van der Waals surface area contributed by atoms with E-state index < -0.39 is 37.0 Å². The number of anilines is 1. The maximum absolute atomic E-state index is 13.1. The van der Waals surface area contributed by atoms with E-state index in [4.69, 9.17) is 14.2 Å². The normalized spacial score (nSPS) is 20.1. The molecule has 41 heavy (non-hydrogen) atoms. The summed E-state index contributed by atoms with van der Waals surface area (Å²) in [5.41, 5.74) is 2.38. The lowest BCUT2D eigenvalue weighted by molar-refractivity contribution is -0.0440. The van der Waals surface area contributed by atoms with Crippen LogP contribution in [0.3, 0.4) is 0 Å². The van der Waals surface area contributed by atoms with Crippen molar-refractivity contribution in [1.29, 1.82) is 0 Å². The van der Waals surface area contributed by atoms with E-state index in [0.29, 0.717) is 40.6 Å². The van der Waals surface area contributed by atoms with Crippen molar-refractivity contribution in [2.45, 2.75) is 37.9 Å². The molecule has 0 radical (unpaired) electrons. The minimum Gasteiger partial charge on any atom is -0.493 e. The SMILES string of the molecule is COc1ccc(CNc2ncnc3c2ncn3[C@@H]2O[C@H](CO)[C@@H](O)[C@H]2NC(=O)c2cccc(C(C)=O)c2)cc1OC. The standard InChI is InChI=1S/C28H30N6O7/c1-15(36)17-5-4-6-18(10-17)27(38)33-22-24(37)21(12-35)41-28(22)34-14-32-23-25(30-13-31-26(23)34)29-11-16-7-8-19(39-2)20(9-16)40-3/h4-10,13-14,21-22,24,28,35,37H,11-12H2,1-3H3,(H,33,38)(H,29,30,31)/t21-,22-,24-,28-/m1/s1. The van der Waals surface area contributed by atoms with Crippen LogP contribution in [0.1, 0.15) is 39.4 Å². The fourth-order valence-electron chi connectivity index (χ4n) is 4.75. The van der Waals surface area contributed by atoms with Crippen molar-refractivity contribution in [2.24, 2.45) is 0 Å². The summed E-state index contributed by atoms with van der Waals surface area (Å²) in [6.07, 6.45) is -0.288. The Hall–Kier alpha value is -4.59. The highest BCUT2D eigenvalue weighted by Gasteiger charge is 2.46. The Bertz CT molecular complexity index is 1570. The zero-order chi connectivity index (χ0) is 29.1. The number of aliphatic hydroxyl groups is 2. The van der Waals surface area contributed by atoms with Crippen molar-refractivity contribution in [2.75, 3.05) is 26.1 Å². The van der Waals surface area contributed by atoms with Gasteiger partial charge in [0.25, 0.3) is 5.91 Å². The van der Waals surface area contributed by atoms with E-state index in [2.05, 4.69) is 25.6 Å². The topological polar surface area (TPSA) is 170 Å². The van der Waals surface area contributed by atoms with Gasteiger partial charge in [0.2, 0.25) is 0 Å². The third-order valence-electron chi connectivity index (χ3n) is 6.92. The van der Waals surface area contributed by atoms with Gasteiger partial charge in [0, 0.05) is 17.7 Å². The van der Waals surface area contributed by atoms with Crippen molar-refractivity contribution >= 4 is 28.7 Å². The van der Waals surface area contributed by atoms with E-state index in [1.807, 2.05) is 18.2 Å². The van der Waals surface area contributed by atoms with Gasteiger partial charge < -0.3 is 35.1 Å². The Morgan fingerprint density at radius 3 is 2.56 bits per heavy atom. The second-order valence-corrected chi connectivity index (χ2v) is 9.46. The highest BCUT2D eigenvalue weighted by atomic mass is 16.5. The first-order valence-corrected chi connectivity index (χ1v) is 12.8. The molecule has 1 amide bonds. The van der Waals surface area contributed by atoms with Crippen molar-refractivity contribution < 1.29 is 34.0 Å². The second kappa shape index (κ2) is 11.9. The molecule has 13 nitrogen and oxygen atoms in total. The lowest BCUT2D eigenvalue weighted by Gasteiger charge is -2.23. The number of carbonyl (C=O) groups is 2. The summed E-state index contributed by atoms with van der Waals surface area (Å²) in [6, 6.07) is 10.9. The van der Waals surface area contributed by atoms with E-state index in [9.17, 15) is 19.8 Å². The molecule has 214 valence electrons. The Kier molecular flexibility index (Phi) is 8.10. The number of nitrogens with one attached hydrogen (secondary N) is 2. The maximum Gasteiger partial charge on any atom is 0.251 e. The van der Waals surface area contributed by atoms with Crippen LogP contribution in [0.2, 0.25) is 0 Å². The number of aliphatic hydroxyl groups excluding tert-OH is 2. The summed E-state index contributed by atoms with van der Waals surface area (Å²) in [5, 5.41) is 26.8. The molecule has 0 spiro atoms. The molecule has 2 aromatic heterocycles. The first kappa shape index (κ1) is 28.0. The predicted octanol–water partition coefficient (Wildman–Crippen LogP) is 1.71. The molecule has 5 rings (SSSR count). The Morgan fingerprint density at radius 1 is 1.05 bits per heavy atom. The van der Waals surface area contributed by atoms with Gasteiger partial charge in [-0.2, -0.15) is 0 Å². The molecule has 4 aromatic rings. The number of amides is 1. The summed E-state index contributed by atoms with van der Waals surface area (Å²) in [7, 11) is 3.14. The van der Waals surface area contributed by atoms with Crippen LogP contribution in [-0.2, 0) is 11.3 Å². The van der Waals surface area contributed by atoms with Crippen LogP contribution in [-0.4, -0.2) is 80.5 Å². The quantitative estimate of drug-likeness (QED) is 0.208. The molecular formula is C28H30N6O7. The Balaban J connectivity index is 1.40. The van der Waals surface area contributed by atoms with Crippen molar-refractivity contribution in [3.63, 3.8) is 0 Å². The van der Waals surface area contributed by atoms with Gasteiger partial charge in [-0.15, -0.1) is 0 Å². The summed E-state index contributed by atoms with van der Waals surface area (Å²) in [5.74, 6) is 0.984. The van der Waals surface area contributed by atoms with E-state index in [1.165, 1.54) is 25.6 Å². The molecule has 1 fully saturated rings. The number of methoxy groups -OCH3 is 2. The van der Waals surface area contributed by atoms with Crippen LogP contribution in [0.4, 0.5) is 5.82 Å². The van der Waals surface area contributed by atoms with Crippen LogP contribution in [0.15, 0.2) is 55.1 Å². The minimum atomic E-state index is -1.23. The molecule has 1 aliphatic rings. The predicted molar refractivity (Wildman–Crippen MR) is 147 cm³/mol. The molecule has 3 heterocycles. The van der Waals surface area contributed by atoms with E-state index in [0.717, 1.165) is 5.56 Å². The third-order valence-corrected chi connectivity index (χ3v) is 6.92. The summed E-state index contributed by atoms with van der Waals surface area (Å²) in [4.78, 5) is 38.1. The van der Waals surface area contributed by atoms with E-state index in [-0.39, 0.29) is 11.3 Å². The summed E-state index contributed by atoms with van der Waals surface area (Å²) >= 11 is 0. The van der Waals surface area contributed by atoms with Gasteiger partial charge in [0.1, 0.15) is 24.6 Å². The number of hydrogen-bond acceptors (Lipinski definition) is 11. The molecule has 2 aromatic carbocycles. The maximum atomic E-state index is 13.1. The molecule has 0 unspecified atom stereocenters. The van der Waals surface area contributed by atoms with Crippen molar-refractivity contribution in [1.82, 2.24) is 24.8 Å². The number of Topliss-reactive ketones (excluding diaryl/α,β-unsaturated/α-hetero) is 1. The molecule has 0 bridgehead atoms. The number of carbonyl (C=O) groups excluding carboxylic acids is 2. The van der Waals surface area contributed by atoms with E-state index >= 15 is 0 Å². The first-order valence-electron chi connectivity index (χ1n) is 12.8. The fourth-order valence-corrected chi connectivity index (χ4v) is 4.75. The van der Waals surface area contributed by atoms with Gasteiger partial charge in [-0.1, -0.05) is 18.2 Å². The van der Waals surface area contributed by atoms with E-state index in [1.54, 1.807) is 37.0 Å². The van der Waals surface area contributed by atoms with Gasteiger partial charge in [0.15, 0.2) is 40.5 Å². The summed E-state index contributed by atoms with van der Waals surface area (Å²) < 4.78 is 18.2. The van der Waals surface area contributed by atoms with Gasteiger partial charge in [-0.25, -0.2) is 15.0 Å². The number of imidazole rings is 1. The lowest BCUT2D eigenvalue weighted by Crippen LogP contribution is -2.46. The number of ether oxygens (including phenoxy) is 3. The summed E-state index contributed by atoms with van der Waals surface area (Å²) in [6.45, 7) is 1.35. The highest BCUT2D eigenvalue weighted by molar-refractivity contribution is 5.99. The second-order valence-electron chi connectivity index (χ2n) is 9.46. The molecule has 1 saturated heterocycles. The molecule has 0 aliphatic carbocycles. The Labute approximate surface area is 235 Å². The number of ketones is 1. The van der Waals surface area contributed by atoms with Crippen LogP contribution in [0, 0.1) is 0 Å². The van der Waals surface area contributed by atoms with Gasteiger partial charge in [-0.05, 0) is 36.8 Å². The first-order chi connectivity index (χ1) is 19.8. The molecule has 0 saturated carbocycles. The Morgan fingerprint density at radius 2 is 1.83 bits per heavy atom. The van der Waals surface area contributed by atoms with Gasteiger partial charge in [-0.3, -0.25) is 14.2 Å². The van der Waals surface area contributed by atoms with Crippen LogP contribution in [0.25, 0.3) is 11.2 Å². The number of aromatic nitrogens is 4. The molecule has 4 atom stereocenters. The van der Waals surface area contributed by atoms with Gasteiger partial charge >= 0.3 is 0 Å². The number of benzene rings is 2. The molecule has 13 heteroatoms. The average molecular weight is 563 g/mol. The van der Waals surface area contributed by atoms with Crippen molar-refractivity contribution in [3.05, 3.63) is 71.8 Å². The average Bonchev–Trinajstić information content (AvgIpc) is 3.56. The zero-order valence-electron chi connectivity index (χ0n) is 22.6. The largest absolute Gasteiger partial charge is 0.493 e. The zero-order valence-corrected chi connectivity index (χ0v) is 22.6. The highest BCUT2D eigenvalue weighted by Crippen LogP contribution is 2.33. The molecule has 1 aliphatic heterocycles. The number of fused-ring (bicyclic) bond motifs is 1. The smallest absolute Gasteiger partial charge is 0.251 e. The number of rotatable bonds is 10. The minimum absolute atomic E-state index is 0.179. The van der Waals surface area contributed by atoms with Crippen LogP contribution < -0.4 is 20.1 Å². The lowest BCUT2D eigenvalue weighted by atomic mass is 10.1. The third kappa shape index (κ3) is 5.55.